The van der Waals surface area contributed by atoms with Crippen LogP contribution in [0.4, 0.5) is 4.79 Å². The molecule has 21 heavy (non-hydrogen) atoms. The predicted molar refractivity (Wildman–Crippen MR) is 79.4 cm³/mol. The molecule has 1 saturated carbocycles. The first-order chi connectivity index (χ1) is 10.3. The predicted octanol–water partition coefficient (Wildman–Crippen LogP) is 2.58. The van der Waals surface area contributed by atoms with E-state index in [2.05, 4.69) is 10.6 Å². The Kier molecular flexibility index (Phi) is 4.28. The summed E-state index contributed by atoms with van der Waals surface area (Å²) in [5, 5.41) is 5.58. The summed E-state index contributed by atoms with van der Waals surface area (Å²) in [6.45, 7) is 0.863. The SMILES string of the molecule is O=C(NC=C1CCCC1)NCC1COc2ccccc2O1. The van der Waals surface area contributed by atoms with E-state index in [0.29, 0.717) is 13.2 Å². The van der Waals surface area contributed by atoms with Crippen LogP contribution in [0.2, 0.25) is 0 Å². The Morgan fingerprint density at radius 2 is 2.00 bits per heavy atom. The monoisotopic (exact) mass is 288 g/mol. The lowest BCUT2D eigenvalue weighted by Crippen LogP contribution is -2.43. The first-order valence-electron chi connectivity index (χ1n) is 7.42. The van der Waals surface area contributed by atoms with Crippen molar-refractivity contribution >= 4 is 6.03 Å². The molecule has 1 aliphatic carbocycles. The highest BCUT2D eigenvalue weighted by Gasteiger charge is 2.20. The number of carbonyl (C=O) groups is 1. The number of rotatable bonds is 3. The molecule has 2 amide bonds. The maximum Gasteiger partial charge on any atom is 0.318 e. The molecule has 0 radical (unpaired) electrons. The van der Waals surface area contributed by atoms with Gasteiger partial charge in [-0.05, 0) is 37.8 Å². The van der Waals surface area contributed by atoms with Crippen molar-refractivity contribution in [3.8, 4) is 11.5 Å². The van der Waals surface area contributed by atoms with Gasteiger partial charge in [-0.3, -0.25) is 0 Å². The zero-order valence-corrected chi connectivity index (χ0v) is 11.9. The number of allylic oxidation sites excluding steroid dienone is 1. The van der Waals surface area contributed by atoms with E-state index in [1.165, 1.54) is 18.4 Å². The Hall–Kier alpha value is -2.17. The molecule has 1 unspecified atom stereocenters. The average molecular weight is 288 g/mol. The number of fused-ring (bicyclic) bond motifs is 1. The van der Waals surface area contributed by atoms with Gasteiger partial charge in [-0.25, -0.2) is 4.79 Å². The van der Waals surface area contributed by atoms with Crippen LogP contribution in [0, 0.1) is 0 Å². The van der Waals surface area contributed by atoms with E-state index in [1.807, 2.05) is 30.5 Å². The molecule has 1 fully saturated rings. The highest BCUT2D eigenvalue weighted by molar-refractivity contribution is 5.75. The average Bonchev–Trinajstić information content (AvgIpc) is 3.04. The van der Waals surface area contributed by atoms with Gasteiger partial charge in [0.05, 0.1) is 6.54 Å². The molecule has 5 heteroatoms. The van der Waals surface area contributed by atoms with Gasteiger partial charge in [-0.15, -0.1) is 0 Å². The number of benzene rings is 1. The van der Waals surface area contributed by atoms with Gasteiger partial charge < -0.3 is 20.1 Å². The van der Waals surface area contributed by atoms with Gasteiger partial charge in [0.15, 0.2) is 17.6 Å². The molecule has 5 nitrogen and oxygen atoms in total. The fourth-order valence-electron chi connectivity index (χ4n) is 2.56. The molecule has 2 aliphatic rings. The summed E-state index contributed by atoms with van der Waals surface area (Å²) >= 11 is 0. The molecule has 1 atom stereocenters. The highest BCUT2D eigenvalue weighted by atomic mass is 16.6. The summed E-state index contributed by atoms with van der Waals surface area (Å²) in [5.41, 5.74) is 1.32. The van der Waals surface area contributed by atoms with E-state index < -0.39 is 0 Å². The Labute approximate surface area is 124 Å². The number of ether oxygens (including phenoxy) is 2. The summed E-state index contributed by atoms with van der Waals surface area (Å²) in [5.74, 6) is 1.48. The fraction of sp³-hybridized carbons (Fsp3) is 0.438. The topological polar surface area (TPSA) is 59.6 Å². The molecular weight excluding hydrogens is 268 g/mol. The fourth-order valence-corrected chi connectivity index (χ4v) is 2.56. The number of carbonyl (C=O) groups excluding carboxylic acids is 1. The third-order valence-corrected chi connectivity index (χ3v) is 3.71. The Morgan fingerprint density at radius 1 is 1.24 bits per heavy atom. The van der Waals surface area contributed by atoms with Crippen molar-refractivity contribution in [2.75, 3.05) is 13.2 Å². The van der Waals surface area contributed by atoms with Gasteiger partial charge in [-0.1, -0.05) is 17.7 Å². The molecule has 1 aromatic carbocycles. The molecule has 112 valence electrons. The van der Waals surface area contributed by atoms with Crippen LogP contribution in [0.5, 0.6) is 11.5 Å². The molecule has 0 spiro atoms. The number of amides is 2. The van der Waals surface area contributed by atoms with E-state index in [-0.39, 0.29) is 12.1 Å². The van der Waals surface area contributed by atoms with Crippen LogP contribution < -0.4 is 20.1 Å². The van der Waals surface area contributed by atoms with Gasteiger partial charge in [0.1, 0.15) is 6.61 Å². The van der Waals surface area contributed by atoms with Gasteiger partial charge in [0, 0.05) is 6.20 Å². The second-order valence-corrected chi connectivity index (χ2v) is 5.36. The van der Waals surface area contributed by atoms with Gasteiger partial charge in [0.25, 0.3) is 0 Å². The molecule has 2 N–H and O–H groups in total. The van der Waals surface area contributed by atoms with Crippen LogP contribution in [0.3, 0.4) is 0 Å². The quantitative estimate of drug-likeness (QED) is 0.898. The van der Waals surface area contributed by atoms with Crippen LogP contribution in [0.15, 0.2) is 36.0 Å². The largest absolute Gasteiger partial charge is 0.486 e. The van der Waals surface area contributed by atoms with Crippen molar-refractivity contribution in [1.82, 2.24) is 10.6 Å². The zero-order chi connectivity index (χ0) is 14.5. The minimum absolute atomic E-state index is 0.162. The van der Waals surface area contributed by atoms with Crippen LogP contribution in [0.1, 0.15) is 25.7 Å². The van der Waals surface area contributed by atoms with Crippen LogP contribution >= 0.6 is 0 Å². The van der Waals surface area contributed by atoms with Crippen molar-refractivity contribution in [3.05, 3.63) is 36.0 Å². The van der Waals surface area contributed by atoms with E-state index in [4.69, 9.17) is 9.47 Å². The summed E-state index contributed by atoms with van der Waals surface area (Å²) in [7, 11) is 0. The van der Waals surface area contributed by atoms with Gasteiger partial charge in [-0.2, -0.15) is 0 Å². The summed E-state index contributed by atoms with van der Waals surface area (Å²) in [6, 6.07) is 7.35. The number of urea groups is 1. The number of para-hydroxylation sites is 2. The van der Waals surface area contributed by atoms with Crippen LogP contribution in [-0.4, -0.2) is 25.3 Å². The molecule has 0 bridgehead atoms. The lowest BCUT2D eigenvalue weighted by atomic mass is 10.2. The van der Waals surface area contributed by atoms with E-state index >= 15 is 0 Å². The molecule has 0 saturated heterocycles. The number of hydrogen-bond donors (Lipinski definition) is 2. The van der Waals surface area contributed by atoms with E-state index in [1.54, 1.807) is 0 Å². The first-order valence-corrected chi connectivity index (χ1v) is 7.42. The van der Waals surface area contributed by atoms with Crippen molar-refractivity contribution in [2.24, 2.45) is 0 Å². The minimum Gasteiger partial charge on any atom is -0.486 e. The Morgan fingerprint density at radius 3 is 2.81 bits per heavy atom. The Bertz CT molecular complexity index is 534. The van der Waals surface area contributed by atoms with Gasteiger partial charge >= 0.3 is 6.03 Å². The van der Waals surface area contributed by atoms with Crippen molar-refractivity contribution in [1.29, 1.82) is 0 Å². The summed E-state index contributed by atoms with van der Waals surface area (Å²) in [6.07, 6.45) is 6.30. The molecular formula is C16H20N2O3. The molecule has 1 aromatic rings. The second kappa shape index (κ2) is 6.52. The van der Waals surface area contributed by atoms with E-state index in [9.17, 15) is 4.79 Å². The third kappa shape index (κ3) is 3.68. The smallest absolute Gasteiger partial charge is 0.318 e. The second-order valence-electron chi connectivity index (χ2n) is 5.36. The van der Waals surface area contributed by atoms with Crippen molar-refractivity contribution in [3.63, 3.8) is 0 Å². The van der Waals surface area contributed by atoms with Crippen molar-refractivity contribution in [2.45, 2.75) is 31.8 Å². The number of hydrogen-bond acceptors (Lipinski definition) is 3. The molecule has 1 heterocycles. The van der Waals surface area contributed by atoms with Gasteiger partial charge in [0.2, 0.25) is 0 Å². The Balaban J connectivity index is 1.43. The maximum atomic E-state index is 11.7. The first kappa shape index (κ1) is 13.8. The standard InChI is InChI=1S/C16H20N2O3/c19-16(17-9-12-5-1-2-6-12)18-10-13-11-20-14-7-3-4-8-15(14)21-13/h3-4,7-9,13H,1-2,5-6,10-11H2,(H2,17,18,19). The zero-order valence-electron chi connectivity index (χ0n) is 11.9. The number of nitrogens with one attached hydrogen (secondary N) is 2. The van der Waals surface area contributed by atoms with Crippen LogP contribution in [-0.2, 0) is 0 Å². The summed E-state index contributed by atoms with van der Waals surface area (Å²) < 4.78 is 11.4. The van der Waals surface area contributed by atoms with Crippen molar-refractivity contribution < 1.29 is 14.3 Å². The molecule has 3 rings (SSSR count). The van der Waals surface area contributed by atoms with E-state index in [0.717, 1.165) is 24.3 Å². The molecule has 1 aliphatic heterocycles. The lowest BCUT2D eigenvalue weighted by Gasteiger charge is -2.26. The molecule has 0 aromatic heterocycles. The third-order valence-electron chi connectivity index (χ3n) is 3.71. The maximum absolute atomic E-state index is 11.7. The van der Waals surface area contributed by atoms with Crippen LogP contribution in [0.25, 0.3) is 0 Å². The lowest BCUT2D eigenvalue weighted by molar-refractivity contribution is 0.0919. The normalized spacial score (nSPS) is 20.0. The summed E-state index contributed by atoms with van der Waals surface area (Å²) in [4.78, 5) is 11.7. The minimum atomic E-state index is -0.197. The highest BCUT2D eigenvalue weighted by Crippen LogP contribution is 2.30.